The normalized spacial score (nSPS) is 15.9. The topological polar surface area (TPSA) is 83.6 Å². The van der Waals surface area contributed by atoms with Crippen molar-refractivity contribution >= 4 is 17.6 Å². The smallest absolute Gasteiger partial charge is 0.243 e. The number of nitrogens with zero attached hydrogens (tertiary/aromatic N) is 2. The van der Waals surface area contributed by atoms with Gasteiger partial charge in [-0.3, -0.25) is 9.59 Å². The van der Waals surface area contributed by atoms with Gasteiger partial charge in [0.05, 0.1) is 13.2 Å². The minimum atomic E-state index is -0.525. The van der Waals surface area contributed by atoms with Gasteiger partial charge < -0.3 is 20.3 Å². The molecule has 1 saturated heterocycles. The number of ether oxygens (including phenoxy) is 1. The number of carbonyl (C=O) groups excluding carboxylic acids is 2. The zero-order valence-corrected chi connectivity index (χ0v) is 14.5. The predicted octanol–water partition coefficient (Wildman–Crippen LogP) is 0.695. The molecule has 1 aliphatic rings. The van der Waals surface area contributed by atoms with Crippen LogP contribution >= 0.6 is 0 Å². The summed E-state index contributed by atoms with van der Waals surface area (Å²) in [7, 11) is 0. The molecule has 1 aliphatic heterocycles. The molecule has 7 nitrogen and oxygen atoms in total. The summed E-state index contributed by atoms with van der Waals surface area (Å²) in [5.41, 5.74) is 0.977. The lowest BCUT2D eigenvalue weighted by Crippen LogP contribution is -2.48. The van der Waals surface area contributed by atoms with Crippen molar-refractivity contribution in [2.45, 2.75) is 33.4 Å². The lowest BCUT2D eigenvalue weighted by Gasteiger charge is -2.28. The number of anilines is 1. The molecular formula is C17H26N4O3. The Morgan fingerprint density at radius 2 is 2.04 bits per heavy atom. The average molecular weight is 334 g/mol. The van der Waals surface area contributed by atoms with E-state index >= 15 is 0 Å². The molecule has 0 aromatic carbocycles. The van der Waals surface area contributed by atoms with Crippen LogP contribution in [0.25, 0.3) is 0 Å². The van der Waals surface area contributed by atoms with Crippen molar-refractivity contribution in [1.29, 1.82) is 0 Å². The molecule has 132 valence electrons. The van der Waals surface area contributed by atoms with Gasteiger partial charge in [-0.15, -0.1) is 0 Å². The number of amides is 2. The van der Waals surface area contributed by atoms with Crippen LogP contribution in [0, 0.1) is 5.92 Å². The molecule has 2 amide bonds. The first-order valence-corrected chi connectivity index (χ1v) is 8.30. The Balaban J connectivity index is 1.95. The van der Waals surface area contributed by atoms with E-state index in [2.05, 4.69) is 20.5 Å². The van der Waals surface area contributed by atoms with Crippen LogP contribution in [-0.2, 0) is 20.9 Å². The summed E-state index contributed by atoms with van der Waals surface area (Å²) >= 11 is 0. The molecule has 7 heteroatoms. The Kier molecular flexibility index (Phi) is 6.54. The van der Waals surface area contributed by atoms with Crippen LogP contribution in [0.5, 0.6) is 0 Å². The van der Waals surface area contributed by atoms with Crippen LogP contribution < -0.4 is 15.5 Å². The van der Waals surface area contributed by atoms with E-state index < -0.39 is 6.04 Å². The fourth-order valence-corrected chi connectivity index (χ4v) is 2.59. The highest BCUT2D eigenvalue weighted by Gasteiger charge is 2.22. The average Bonchev–Trinajstić information content (AvgIpc) is 2.58. The van der Waals surface area contributed by atoms with E-state index in [1.54, 1.807) is 6.20 Å². The number of carbonyl (C=O) groups is 2. The Hall–Kier alpha value is -2.15. The summed E-state index contributed by atoms with van der Waals surface area (Å²) in [5, 5.41) is 5.58. The molecule has 0 radical (unpaired) electrons. The number of rotatable bonds is 6. The van der Waals surface area contributed by atoms with Gasteiger partial charge in [0.1, 0.15) is 11.9 Å². The minimum absolute atomic E-state index is 0.0234. The van der Waals surface area contributed by atoms with Gasteiger partial charge in [-0.05, 0) is 23.6 Å². The second-order valence-electron chi connectivity index (χ2n) is 6.26. The predicted molar refractivity (Wildman–Crippen MR) is 91.6 cm³/mol. The van der Waals surface area contributed by atoms with E-state index in [0.29, 0.717) is 19.8 Å². The maximum atomic E-state index is 12.3. The van der Waals surface area contributed by atoms with Gasteiger partial charge in [-0.1, -0.05) is 13.8 Å². The fraction of sp³-hybridized carbons (Fsp3) is 0.588. The first kappa shape index (κ1) is 18.2. The number of nitrogens with one attached hydrogen (secondary N) is 2. The van der Waals surface area contributed by atoms with Crippen LogP contribution in [0.2, 0.25) is 0 Å². The first-order chi connectivity index (χ1) is 11.5. The van der Waals surface area contributed by atoms with Gasteiger partial charge in [0.2, 0.25) is 11.8 Å². The largest absolute Gasteiger partial charge is 0.378 e. The number of pyridine rings is 1. The molecule has 2 rings (SSSR count). The van der Waals surface area contributed by atoms with Crippen molar-refractivity contribution < 1.29 is 14.3 Å². The van der Waals surface area contributed by atoms with Crippen molar-refractivity contribution in [3.63, 3.8) is 0 Å². The summed E-state index contributed by atoms with van der Waals surface area (Å²) in [4.78, 5) is 30.1. The Morgan fingerprint density at radius 1 is 1.33 bits per heavy atom. The van der Waals surface area contributed by atoms with Crippen molar-refractivity contribution in [2.75, 3.05) is 31.2 Å². The molecule has 0 aliphatic carbocycles. The highest BCUT2D eigenvalue weighted by Crippen LogP contribution is 2.14. The first-order valence-electron chi connectivity index (χ1n) is 8.30. The summed E-state index contributed by atoms with van der Waals surface area (Å²) < 4.78 is 5.35. The van der Waals surface area contributed by atoms with E-state index in [4.69, 9.17) is 4.74 Å². The number of morpholine rings is 1. The Bertz CT molecular complexity index is 571. The van der Waals surface area contributed by atoms with Gasteiger partial charge in [-0.25, -0.2) is 4.98 Å². The number of hydrogen-bond acceptors (Lipinski definition) is 5. The van der Waals surface area contributed by atoms with E-state index in [1.165, 1.54) is 6.92 Å². The summed E-state index contributed by atoms with van der Waals surface area (Å²) in [6.45, 7) is 8.68. The van der Waals surface area contributed by atoms with Crippen LogP contribution in [0.1, 0.15) is 26.3 Å². The van der Waals surface area contributed by atoms with Gasteiger partial charge in [0.25, 0.3) is 0 Å². The molecule has 24 heavy (non-hydrogen) atoms. The van der Waals surface area contributed by atoms with E-state index in [1.807, 2.05) is 26.0 Å². The molecule has 1 aromatic heterocycles. The molecule has 1 aromatic rings. The third-order valence-electron chi connectivity index (χ3n) is 3.92. The van der Waals surface area contributed by atoms with Gasteiger partial charge in [-0.2, -0.15) is 0 Å². The lowest BCUT2D eigenvalue weighted by molar-refractivity contribution is -0.129. The van der Waals surface area contributed by atoms with Gasteiger partial charge in [0.15, 0.2) is 0 Å². The second kappa shape index (κ2) is 8.63. The third-order valence-corrected chi connectivity index (χ3v) is 3.92. The maximum Gasteiger partial charge on any atom is 0.243 e. The molecule has 0 bridgehead atoms. The quantitative estimate of drug-likeness (QED) is 0.800. The van der Waals surface area contributed by atoms with Crippen LogP contribution in [-0.4, -0.2) is 49.1 Å². The second-order valence-corrected chi connectivity index (χ2v) is 6.26. The highest BCUT2D eigenvalue weighted by molar-refractivity contribution is 5.87. The van der Waals surface area contributed by atoms with Crippen LogP contribution in [0.3, 0.4) is 0 Å². The standard InChI is InChI=1S/C17H26N4O3/c1-12(2)16(20-13(3)22)17(23)19-11-14-4-5-18-15(10-14)21-6-8-24-9-7-21/h4-5,10,12,16H,6-9,11H2,1-3H3,(H,19,23)(H,20,22)/t16-/m0/s1. The molecule has 2 N–H and O–H groups in total. The molecule has 1 atom stereocenters. The lowest BCUT2D eigenvalue weighted by atomic mass is 10.0. The van der Waals surface area contributed by atoms with Gasteiger partial charge in [0, 0.05) is 32.8 Å². The van der Waals surface area contributed by atoms with Gasteiger partial charge >= 0.3 is 0 Å². The van der Waals surface area contributed by atoms with Crippen molar-refractivity contribution in [1.82, 2.24) is 15.6 Å². The fourth-order valence-electron chi connectivity index (χ4n) is 2.59. The zero-order chi connectivity index (χ0) is 17.5. The van der Waals surface area contributed by atoms with Crippen LogP contribution in [0.4, 0.5) is 5.82 Å². The Morgan fingerprint density at radius 3 is 2.67 bits per heavy atom. The Labute approximate surface area is 142 Å². The number of hydrogen-bond donors (Lipinski definition) is 2. The molecule has 0 spiro atoms. The molecule has 0 saturated carbocycles. The summed E-state index contributed by atoms with van der Waals surface area (Å²) in [6.07, 6.45) is 1.75. The van der Waals surface area contributed by atoms with Crippen molar-refractivity contribution in [3.05, 3.63) is 23.9 Å². The van der Waals surface area contributed by atoms with Crippen molar-refractivity contribution in [3.8, 4) is 0 Å². The molecule has 2 heterocycles. The van der Waals surface area contributed by atoms with Crippen molar-refractivity contribution in [2.24, 2.45) is 5.92 Å². The SMILES string of the molecule is CC(=O)N[C@H](C(=O)NCc1ccnc(N2CCOCC2)c1)C(C)C. The monoisotopic (exact) mass is 334 g/mol. The summed E-state index contributed by atoms with van der Waals surface area (Å²) in [5.74, 6) is 0.537. The highest BCUT2D eigenvalue weighted by atomic mass is 16.5. The molecule has 1 fully saturated rings. The zero-order valence-electron chi connectivity index (χ0n) is 14.5. The van der Waals surface area contributed by atoms with E-state index in [-0.39, 0.29) is 17.7 Å². The third kappa shape index (κ3) is 5.19. The van der Waals surface area contributed by atoms with E-state index in [0.717, 1.165) is 24.5 Å². The molecular weight excluding hydrogens is 308 g/mol. The maximum absolute atomic E-state index is 12.3. The number of aromatic nitrogens is 1. The van der Waals surface area contributed by atoms with E-state index in [9.17, 15) is 9.59 Å². The van der Waals surface area contributed by atoms with Crippen LogP contribution in [0.15, 0.2) is 18.3 Å². The molecule has 0 unspecified atom stereocenters. The minimum Gasteiger partial charge on any atom is -0.378 e. The summed E-state index contributed by atoms with van der Waals surface area (Å²) in [6, 6.07) is 3.34.